The average Bonchev–Trinajstić information content (AvgIpc) is 2.64. The number of fused-ring (bicyclic) bond motifs is 1. The molecule has 0 amide bonds. The second-order valence-corrected chi connectivity index (χ2v) is 7.45. The highest BCUT2D eigenvalue weighted by molar-refractivity contribution is 6.31. The summed E-state index contributed by atoms with van der Waals surface area (Å²) in [4.78, 5) is 22.9. The molecule has 0 unspecified atom stereocenters. The fourth-order valence-electron chi connectivity index (χ4n) is 3.68. The molecular weight excluding hydrogens is 348 g/mol. The Labute approximate surface area is 157 Å². The first kappa shape index (κ1) is 17.2. The van der Waals surface area contributed by atoms with E-state index in [-0.39, 0.29) is 5.56 Å². The monoisotopic (exact) mass is 370 g/mol. The first-order valence-corrected chi connectivity index (χ1v) is 9.45. The van der Waals surface area contributed by atoms with Crippen molar-refractivity contribution < 1.29 is 9.80 Å². The third-order valence-corrected chi connectivity index (χ3v) is 5.33. The number of benzene rings is 2. The highest BCUT2D eigenvalue weighted by atomic mass is 35.5. The summed E-state index contributed by atoms with van der Waals surface area (Å²) in [6.45, 7) is 6.26. The SMILES string of the molecule is O=c1[nH]c(C[NH+]2CC[NH+](Cc3ccccc3)CC2)nc2cc(Cl)ccc12. The maximum absolute atomic E-state index is 12.3. The minimum absolute atomic E-state index is 0.0885. The number of halogens is 1. The number of hydrogen-bond acceptors (Lipinski definition) is 2. The number of quaternary nitrogens is 2. The van der Waals surface area contributed by atoms with Crippen LogP contribution in [0.4, 0.5) is 0 Å². The topological polar surface area (TPSA) is 54.6 Å². The first-order chi connectivity index (χ1) is 12.7. The quantitative estimate of drug-likeness (QED) is 0.608. The minimum Gasteiger partial charge on any atom is -0.322 e. The highest BCUT2D eigenvalue weighted by Crippen LogP contribution is 2.14. The Hall–Kier alpha value is -2.21. The van der Waals surface area contributed by atoms with E-state index in [9.17, 15) is 4.79 Å². The lowest BCUT2D eigenvalue weighted by Crippen LogP contribution is -3.27. The zero-order chi connectivity index (χ0) is 17.9. The van der Waals surface area contributed by atoms with Crippen LogP contribution in [0.25, 0.3) is 10.9 Å². The Morgan fingerprint density at radius 2 is 1.65 bits per heavy atom. The van der Waals surface area contributed by atoms with Crippen molar-refractivity contribution in [3.8, 4) is 0 Å². The third kappa shape index (κ3) is 3.96. The maximum atomic E-state index is 12.3. The Morgan fingerprint density at radius 3 is 2.38 bits per heavy atom. The zero-order valence-electron chi connectivity index (χ0n) is 14.6. The highest BCUT2D eigenvalue weighted by Gasteiger charge is 2.24. The fraction of sp³-hybridized carbons (Fsp3) is 0.300. The van der Waals surface area contributed by atoms with Gasteiger partial charge in [0.1, 0.15) is 39.3 Å². The largest absolute Gasteiger partial charge is 0.322 e. The molecule has 5 nitrogen and oxygen atoms in total. The number of H-pyrrole nitrogens is 1. The Bertz CT molecular complexity index is 949. The molecule has 0 radical (unpaired) electrons. The van der Waals surface area contributed by atoms with Crippen molar-refractivity contribution in [3.05, 3.63) is 75.3 Å². The van der Waals surface area contributed by atoms with Crippen LogP contribution in [-0.2, 0) is 13.1 Å². The van der Waals surface area contributed by atoms with Gasteiger partial charge in [-0.25, -0.2) is 4.98 Å². The van der Waals surface area contributed by atoms with Crippen LogP contribution in [0.3, 0.4) is 0 Å². The molecule has 0 aliphatic carbocycles. The molecule has 1 aliphatic rings. The summed E-state index contributed by atoms with van der Waals surface area (Å²) >= 11 is 6.04. The normalized spacial score (nSPS) is 20.3. The van der Waals surface area contributed by atoms with E-state index in [1.165, 1.54) is 10.5 Å². The zero-order valence-corrected chi connectivity index (χ0v) is 15.4. The van der Waals surface area contributed by atoms with Crippen molar-refractivity contribution >= 4 is 22.5 Å². The van der Waals surface area contributed by atoms with Gasteiger partial charge in [0, 0.05) is 10.6 Å². The summed E-state index contributed by atoms with van der Waals surface area (Å²) < 4.78 is 0. The molecule has 26 heavy (non-hydrogen) atoms. The molecule has 0 saturated carbocycles. The van der Waals surface area contributed by atoms with E-state index in [1.807, 2.05) is 0 Å². The molecule has 1 saturated heterocycles. The van der Waals surface area contributed by atoms with Gasteiger partial charge < -0.3 is 14.8 Å². The summed E-state index contributed by atoms with van der Waals surface area (Å²) in [5.41, 5.74) is 1.97. The second-order valence-electron chi connectivity index (χ2n) is 7.01. The van der Waals surface area contributed by atoms with Gasteiger partial charge >= 0.3 is 0 Å². The number of piperazine rings is 1. The molecular formula is C20H23ClN4O+2. The first-order valence-electron chi connectivity index (χ1n) is 9.07. The van der Waals surface area contributed by atoms with Gasteiger partial charge in [0.2, 0.25) is 0 Å². The lowest BCUT2D eigenvalue weighted by molar-refractivity contribution is -1.02. The van der Waals surface area contributed by atoms with E-state index in [0.29, 0.717) is 15.9 Å². The number of aromatic amines is 1. The number of nitrogens with zero attached hydrogens (tertiary/aromatic N) is 1. The van der Waals surface area contributed by atoms with Crippen molar-refractivity contribution in [2.45, 2.75) is 13.1 Å². The van der Waals surface area contributed by atoms with E-state index >= 15 is 0 Å². The van der Waals surface area contributed by atoms with Gasteiger partial charge in [-0.15, -0.1) is 0 Å². The van der Waals surface area contributed by atoms with Crippen molar-refractivity contribution in [2.75, 3.05) is 26.2 Å². The molecule has 1 aliphatic heterocycles. The van der Waals surface area contributed by atoms with Gasteiger partial charge in [-0.3, -0.25) is 4.79 Å². The lowest BCUT2D eigenvalue weighted by Gasteiger charge is -2.29. The molecule has 3 aromatic rings. The standard InChI is InChI=1S/C20H21ClN4O/c21-16-6-7-17-18(12-16)22-19(23-20(17)26)14-25-10-8-24(9-11-25)13-15-4-2-1-3-5-15/h1-7,12H,8-11,13-14H2,(H,22,23,26)/p+2. The number of rotatable bonds is 4. The molecule has 1 fully saturated rings. The van der Waals surface area contributed by atoms with E-state index in [4.69, 9.17) is 11.6 Å². The van der Waals surface area contributed by atoms with Crippen LogP contribution < -0.4 is 15.4 Å². The van der Waals surface area contributed by atoms with Gasteiger partial charge in [-0.1, -0.05) is 41.9 Å². The molecule has 6 heteroatoms. The molecule has 1 aromatic heterocycles. The predicted octanol–water partition coefficient (Wildman–Crippen LogP) is 0.0601. The van der Waals surface area contributed by atoms with Crippen LogP contribution in [0.5, 0.6) is 0 Å². The van der Waals surface area contributed by atoms with Crippen LogP contribution in [0.15, 0.2) is 53.3 Å². The Balaban J connectivity index is 1.40. The Kier molecular flexibility index (Phi) is 5.02. The third-order valence-electron chi connectivity index (χ3n) is 5.10. The summed E-state index contributed by atoms with van der Waals surface area (Å²) in [7, 11) is 0. The molecule has 0 bridgehead atoms. The van der Waals surface area contributed by atoms with Crippen LogP contribution in [-0.4, -0.2) is 36.1 Å². The maximum Gasteiger partial charge on any atom is 0.258 e. The summed E-state index contributed by atoms with van der Waals surface area (Å²) in [5.74, 6) is 0.742. The lowest BCUT2D eigenvalue weighted by atomic mass is 10.2. The van der Waals surface area contributed by atoms with E-state index in [2.05, 4.69) is 40.3 Å². The Morgan fingerprint density at radius 1 is 0.962 bits per heavy atom. The minimum atomic E-state index is -0.0885. The molecule has 2 aromatic carbocycles. The van der Waals surface area contributed by atoms with Crippen LogP contribution >= 0.6 is 11.6 Å². The summed E-state index contributed by atoms with van der Waals surface area (Å²) in [6, 6.07) is 15.9. The number of aromatic nitrogens is 2. The fourth-order valence-corrected chi connectivity index (χ4v) is 3.84. The molecule has 0 spiro atoms. The molecule has 134 valence electrons. The van der Waals surface area contributed by atoms with E-state index in [1.54, 1.807) is 23.1 Å². The smallest absolute Gasteiger partial charge is 0.258 e. The van der Waals surface area contributed by atoms with Crippen LogP contribution in [0, 0.1) is 0 Å². The average molecular weight is 371 g/mol. The molecule has 4 rings (SSSR count). The predicted molar refractivity (Wildman–Crippen MR) is 103 cm³/mol. The van der Waals surface area contributed by atoms with Gasteiger partial charge in [0.05, 0.1) is 10.9 Å². The van der Waals surface area contributed by atoms with Crippen molar-refractivity contribution in [1.29, 1.82) is 0 Å². The summed E-state index contributed by atoms with van der Waals surface area (Å²) in [6.07, 6.45) is 0. The van der Waals surface area contributed by atoms with E-state index < -0.39 is 0 Å². The van der Waals surface area contributed by atoms with E-state index in [0.717, 1.165) is 45.1 Å². The van der Waals surface area contributed by atoms with Gasteiger partial charge in [0.15, 0.2) is 5.82 Å². The number of hydrogen-bond donors (Lipinski definition) is 3. The molecule has 3 N–H and O–H groups in total. The second kappa shape index (κ2) is 7.58. The summed E-state index contributed by atoms with van der Waals surface area (Å²) in [5, 5.41) is 1.19. The van der Waals surface area contributed by atoms with Crippen LogP contribution in [0.2, 0.25) is 5.02 Å². The van der Waals surface area contributed by atoms with Crippen molar-refractivity contribution in [2.24, 2.45) is 0 Å². The van der Waals surface area contributed by atoms with Crippen molar-refractivity contribution in [3.63, 3.8) is 0 Å². The van der Waals surface area contributed by atoms with Gasteiger partial charge in [-0.05, 0) is 18.2 Å². The van der Waals surface area contributed by atoms with Gasteiger partial charge in [-0.2, -0.15) is 0 Å². The molecule has 2 heterocycles. The molecule has 0 atom stereocenters. The number of nitrogens with one attached hydrogen (secondary N) is 3. The van der Waals surface area contributed by atoms with Gasteiger partial charge in [0.25, 0.3) is 5.56 Å². The van der Waals surface area contributed by atoms with Crippen LogP contribution in [0.1, 0.15) is 11.4 Å². The van der Waals surface area contributed by atoms with Crippen molar-refractivity contribution in [1.82, 2.24) is 9.97 Å².